The number of aryl methyl sites for hydroxylation is 1. The molecule has 0 bridgehead atoms. The molecule has 0 heterocycles. The van der Waals surface area contributed by atoms with Gasteiger partial charge in [0.1, 0.15) is 0 Å². The van der Waals surface area contributed by atoms with E-state index in [1.54, 1.807) is 42.5 Å². The van der Waals surface area contributed by atoms with Crippen molar-refractivity contribution in [3.05, 3.63) is 70.8 Å². The Morgan fingerprint density at radius 1 is 0.808 bits per heavy atom. The maximum Gasteiger partial charge on any atom is 0.346 e. The van der Waals surface area contributed by atoms with Crippen LogP contribution in [0.4, 0.5) is 0 Å². The smallest absolute Gasteiger partial charge is 0.346 e. The molecule has 136 valence electrons. The highest BCUT2D eigenvalue weighted by atomic mass is 16.6. The molecular weight excluding hydrogens is 332 g/mol. The average Bonchev–Trinajstić information content (AvgIpc) is 2.67. The molecule has 0 fully saturated rings. The number of carbonyl (C=O) groups excluding carboxylic acids is 3. The predicted molar refractivity (Wildman–Crippen MR) is 97.2 cm³/mol. The second kappa shape index (κ2) is 9.51. The van der Waals surface area contributed by atoms with Gasteiger partial charge in [-0.2, -0.15) is 0 Å². The molecule has 0 saturated heterocycles. The summed E-state index contributed by atoms with van der Waals surface area (Å²) in [5.74, 6) is -2.00. The van der Waals surface area contributed by atoms with Crippen molar-refractivity contribution in [2.75, 3.05) is 6.61 Å². The van der Waals surface area contributed by atoms with Crippen LogP contribution in [0.25, 0.3) is 0 Å². The van der Waals surface area contributed by atoms with Crippen LogP contribution in [-0.2, 0) is 15.9 Å². The normalized spacial score (nSPS) is 10.2. The van der Waals surface area contributed by atoms with Gasteiger partial charge in [0.05, 0.1) is 23.3 Å². The van der Waals surface area contributed by atoms with Crippen LogP contribution in [0.15, 0.2) is 48.5 Å². The zero-order valence-electron chi connectivity index (χ0n) is 15.0. The first-order valence-corrected chi connectivity index (χ1v) is 8.68. The number of hydrogen-bond donors (Lipinski definition) is 0. The zero-order valence-corrected chi connectivity index (χ0v) is 15.0. The Hall–Kier alpha value is -2.95. The summed E-state index contributed by atoms with van der Waals surface area (Å²) in [6.07, 6.45) is 2.15. The quantitative estimate of drug-likeness (QED) is 0.550. The molecule has 0 aliphatic rings. The average molecular weight is 354 g/mol. The maximum absolute atomic E-state index is 12.5. The largest absolute Gasteiger partial charge is 0.462 e. The lowest BCUT2D eigenvalue weighted by atomic mass is 10.0. The van der Waals surface area contributed by atoms with Crippen LogP contribution in [0.2, 0.25) is 0 Å². The van der Waals surface area contributed by atoms with Crippen molar-refractivity contribution < 1.29 is 23.9 Å². The van der Waals surface area contributed by atoms with Gasteiger partial charge in [0, 0.05) is 0 Å². The SMILES string of the molecule is CCCOC(=O)c1ccc(CCC)c(C(=O)OC(=O)c2ccccc2)c1. The molecule has 0 atom stereocenters. The molecule has 0 aliphatic heterocycles. The number of ether oxygens (including phenoxy) is 2. The van der Waals surface area contributed by atoms with Crippen molar-refractivity contribution in [3.63, 3.8) is 0 Å². The first kappa shape index (κ1) is 19.4. The molecule has 26 heavy (non-hydrogen) atoms. The third-order valence-electron chi connectivity index (χ3n) is 3.72. The number of benzene rings is 2. The zero-order chi connectivity index (χ0) is 18.9. The lowest BCUT2D eigenvalue weighted by molar-refractivity contribution is 0.0397. The van der Waals surface area contributed by atoms with Gasteiger partial charge in [-0.15, -0.1) is 0 Å². The van der Waals surface area contributed by atoms with Gasteiger partial charge in [-0.25, -0.2) is 14.4 Å². The Kier molecular flexibility index (Phi) is 7.09. The molecule has 0 amide bonds. The number of esters is 3. The number of rotatable bonds is 7. The van der Waals surface area contributed by atoms with Gasteiger partial charge in [-0.05, 0) is 42.7 Å². The Balaban J connectivity index is 2.25. The molecule has 0 aromatic heterocycles. The van der Waals surface area contributed by atoms with Gasteiger partial charge >= 0.3 is 17.9 Å². The predicted octanol–water partition coefficient (Wildman–Crippen LogP) is 4.20. The summed E-state index contributed by atoms with van der Waals surface area (Å²) in [4.78, 5) is 36.7. The van der Waals surface area contributed by atoms with Crippen LogP contribution >= 0.6 is 0 Å². The van der Waals surface area contributed by atoms with E-state index < -0.39 is 17.9 Å². The van der Waals surface area contributed by atoms with Gasteiger partial charge in [0.25, 0.3) is 0 Å². The highest BCUT2D eigenvalue weighted by Gasteiger charge is 2.20. The first-order valence-electron chi connectivity index (χ1n) is 8.68. The van der Waals surface area contributed by atoms with Gasteiger partial charge in [0.2, 0.25) is 0 Å². The van der Waals surface area contributed by atoms with Crippen molar-refractivity contribution in [1.82, 2.24) is 0 Å². The summed E-state index contributed by atoms with van der Waals surface area (Å²) in [5, 5.41) is 0. The minimum atomic E-state index is -0.771. The van der Waals surface area contributed by atoms with E-state index >= 15 is 0 Å². The third kappa shape index (κ3) is 5.02. The summed E-state index contributed by atoms with van der Waals surface area (Å²) in [6, 6.07) is 13.0. The van der Waals surface area contributed by atoms with E-state index in [-0.39, 0.29) is 16.7 Å². The summed E-state index contributed by atoms with van der Waals surface area (Å²) in [5.41, 5.74) is 1.49. The lowest BCUT2D eigenvalue weighted by Gasteiger charge is -2.10. The molecule has 0 aliphatic carbocycles. The molecule has 0 radical (unpaired) electrons. The lowest BCUT2D eigenvalue weighted by Crippen LogP contribution is -2.16. The monoisotopic (exact) mass is 354 g/mol. The Labute approximate surface area is 152 Å². The van der Waals surface area contributed by atoms with Gasteiger partial charge < -0.3 is 9.47 Å². The Bertz CT molecular complexity index is 780. The molecule has 0 unspecified atom stereocenters. The van der Waals surface area contributed by atoms with Crippen LogP contribution in [0.3, 0.4) is 0 Å². The Morgan fingerprint density at radius 2 is 1.54 bits per heavy atom. The topological polar surface area (TPSA) is 69.7 Å². The van der Waals surface area contributed by atoms with Crippen LogP contribution in [-0.4, -0.2) is 24.5 Å². The standard InChI is InChI=1S/C21H22O5/c1-3-8-15-11-12-17(19(22)25-13-4-2)14-18(15)21(24)26-20(23)16-9-6-5-7-10-16/h5-7,9-12,14H,3-4,8,13H2,1-2H3. The molecule has 2 rings (SSSR count). The molecule has 0 saturated carbocycles. The second-order valence-corrected chi connectivity index (χ2v) is 5.80. The summed E-state index contributed by atoms with van der Waals surface area (Å²) < 4.78 is 10.1. The second-order valence-electron chi connectivity index (χ2n) is 5.80. The van der Waals surface area contributed by atoms with Crippen molar-refractivity contribution >= 4 is 17.9 Å². The van der Waals surface area contributed by atoms with Crippen LogP contribution in [0.1, 0.15) is 63.3 Å². The van der Waals surface area contributed by atoms with Crippen molar-refractivity contribution in [2.45, 2.75) is 33.1 Å². The minimum absolute atomic E-state index is 0.210. The fourth-order valence-electron chi connectivity index (χ4n) is 2.43. The van der Waals surface area contributed by atoms with Gasteiger partial charge in [-0.3, -0.25) is 0 Å². The molecule has 2 aromatic rings. The Morgan fingerprint density at radius 3 is 2.19 bits per heavy atom. The number of carbonyl (C=O) groups is 3. The van der Waals surface area contributed by atoms with E-state index in [4.69, 9.17) is 9.47 Å². The molecule has 0 spiro atoms. The minimum Gasteiger partial charge on any atom is -0.462 e. The van der Waals surface area contributed by atoms with E-state index in [0.29, 0.717) is 19.4 Å². The van der Waals surface area contributed by atoms with Gasteiger partial charge in [0.15, 0.2) is 0 Å². The van der Waals surface area contributed by atoms with E-state index in [1.807, 2.05) is 13.8 Å². The fraction of sp³-hybridized carbons (Fsp3) is 0.286. The van der Waals surface area contributed by atoms with Crippen LogP contribution in [0.5, 0.6) is 0 Å². The van der Waals surface area contributed by atoms with E-state index in [0.717, 1.165) is 12.0 Å². The molecule has 0 N–H and O–H groups in total. The van der Waals surface area contributed by atoms with E-state index in [2.05, 4.69) is 0 Å². The highest BCUT2D eigenvalue weighted by Crippen LogP contribution is 2.17. The van der Waals surface area contributed by atoms with Crippen LogP contribution in [0, 0.1) is 0 Å². The third-order valence-corrected chi connectivity index (χ3v) is 3.72. The van der Waals surface area contributed by atoms with Gasteiger partial charge in [-0.1, -0.05) is 44.5 Å². The van der Waals surface area contributed by atoms with Crippen molar-refractivity contribution in [2.24, 2.45) is 0 Å². The van der Waals surface area contributed by atoms with Crippen LogP contribution < -0.4 is 0 Å². The molecule has 5 heteroatoms. The highest BCUT2D eigenvalue weighted by molar-refractivity contribution is 6.04. The molecular formula is C21H22O5. The summed E-state index contributed by atoms with van der Waals surface area (Å²) >= 11 is 0. The maximum atomic E-state index is 12.5. The summed E-state index contributed by atoms with van der Waals surface area (Å²) in [7, 11) is 0. The van der Waals surface area contributed by atoms with E-state index in [1.165, 1.54) is 6.07 Å². The number of hydrogen-bond acceptors (Lipinski definition) is 5. The van der Waals surface area contributed by atoms with Crippen molar-refractivity contribution in [3.8, 4) is 0 Å². The first-order chi connectivity index (χ1) is 12.6. The molecule has 2 aromatic carbocycles. The van der Waals surface area contributed by atoms with E-state index in [9.17, 15) is 14.4 Å². The van der Waals surface area contributed by atoms with Crippen molar-refractivity contribution in [1.29, 1.82) is 0 Å². The summed E-state index contributed by atoms with van der Waals surface area (Å²) in [6.45, 7) is 4.19. The fourth-order valence-corrected chi connectivity index (χ4v) is 2.43. The molecule has 5 nitrogen and oxygen atoms in total.